The van der Waals surface area contributed by atoms with Gasteiger partial charge in [-0.1, -0.05) is 0 Å². The van der Waals surface area contributed by atoms with E-state index >= 15 is 0 Å². The highest BCUT2D eigenvalue weighted by Gasteiger charge is 2.16. The number of hydrogen-bond acceptors (Lipinski definition) is 7. The molecule has 1 aromatic carbocycles. The van der Waals surface area contributed by atoms with Gasteiger partial charge in [0.25, 0.3) is 0 Å². The number of esters is 2. The minimum atomic E-state index is -0.717. The van der Waals surface area contributed by atoms with Gasteiger partial charge in [0.05, 0.1) is 38.2 Å². The lowest BCUT2D eigenvalue weighted by atomic mass is 10.2. The molecule has 0 aromatic heterocycles. The molecule has 116 valence electrons. The van der Waals surface area contributed by atoms with Crippen molar-refractivity contribution in [2.24, 2.45) is 0 Å². The Bertz CT molecular complexity index is 654. The second-order valence-corrected chi connectivity index (χ2v) is 4.36. The third kappa shape index (κ3) is 3.54. The Morgan fingerprint density at radius 2 is 2.00 bits per heavy atom. The molecule has 1 aromatic rings. The normalized spacial score (nSPS) is 13.4. The van der Waals surface area contributed by atoms with Crippen molar-refractivity contribution in [1.29, 1.82) is 0 Å². The molecule has 0 aliphatic carbocycles. The lowest BCUT2D eigenvalue weighted by molar-refractivity contribution is -0.138. The summed E-state index contributed by atoms with van der Waals surface area (Å²) in [5, 5.41) is 8.41. The van der Waals surface area contributed by atoms with Crippen molar-refractivity contribution in [3.8, 4) is 0 Å². The minimum absolute atomic E-state index is 0.0793. The predicted molar refractivity (Wildman–Crippen MR) is 79.3 cm³/mol. The Hall–Kier alpha value is -3.03. The second kappa shape index (κ2) is 6.61. The maximum Gasteiger partial charge on any atom is 0.354 e. The van der Waals surface area contributed by atoms with Crippen molar-refractivity contribution in [3.63, 3.8) is 0 Å². The Labute approximate surface area is 126 Å². The van der Waals surface area contributed by atoms with Crippen LogP contribution in [0.3, 0.4) is 0 Å². The molecule has 0 atom stereocenters. The fourth-order valence-corrected chi connectivity index (χ4v) is 1.84. The van der Waals surface area contributed by atoms with Crippen molar-refractivity contribution >= 4 is 34.9 Å². The number of nitrogens with one attached hydrogen (secondary N) is 3. The highest BCUT2D eigenvalue weighted by molar-refractivity contribution is 6.02. The number of anilines is 3. The first-order chi connectivity index (χ1) is 10.5. The van der Waals surface area contributed by atoms with Gasteiger partial charge in [-0.3, -0.25) is 4.79 Å². The van der Waals surface area contributed by atoms with Crippen LogP contribution in [0.2, 0.25) is 0 Å². The van der Waals surface area contributed by atoms with E-state index in [0.717, 1.165) is 11.8 Å². The van der Waals surface area contributed by atoms with Gasteiger partial charge < -0.3 is 25.4 Å². The third-order valence-electron chi connectivity index (χ3n) is 2.88. The molecule has 2 rings (SSSR count). The lowest BCUT2D eigenvalue weighted by Crippen LogP contribution is -2.27. The fraction of sp³-hybridized carbons (Fsp3) is 0.214. The van der Waals surface area contributed by atoms with Crippen LogP contribution in [0.5, 0.6) is 0 Å². The molecular weight excluding hydrogens is 290 g/mol. The van der Waals surface area contributed by atoms with Gasteiger partial charge in [0.1, 0.15) is 5.70 Å². The molecule has 0 fully saturated rings. The van der Waals surface area contributed by atoms with Gasteiger partial charge in [-0.25, -0.2) is 9.59 Å². The summed E-state index contributed by atoms with van der Waals surface area (Å²) in [4.78, 5) is 34.3. The van der Waals surface area contributed by atoms with Crippen LogP contribution in [0.25, 0.3) is 0 Å². The maximum atomic E-state index is 11.7. The fourth-order valence-electron chi connectivity index (χ4n) is 1.84. The topological polar surface area (TPSA) is 106 Å². The summed E-state index contributed by atoms with van der Waals surface area (Å²) in [7, 11) is 2.40. The van der Waals surface area contributed by atoms with E-state index in [0.29, 0.717) is 11.4 Å². The van der Waals surface area contributed by atoms with E-state index in [1.165, 1.54) is 14.2 Å². The van der Waals surface area contributed by atoms with E-state index in [4.69, 9.17) is 0 Å². The van der Waals surface area contributed by atoms with Crippen molar-refractivity contribution < 1.29 is 23.9 Å². The summed E-state index contributed by atoms with van der Waals surface area (Å²) in [5.41, 5.74) is 1.76. The molecule has 22 heavy (non-hydrogen) atoms. The highest BCUT2D eigenvalue weighted by Crippen LogP contribution is 2.28. The molecule has 0 radical (unpaired) electrons. The van der Waals surface area contributed by atoms with Crippen molar-refractivity contribution in [2.45, 2.75) is 0 Å². The van der Waals surface area contributed by atoms with Gasteiger partial charge in [-0.05, 0) is 18.2 Å². The third-order valence-corrected chi connectivity index (χ3v) is 2.88. The van der Waals surface area contributed by atoms with Gasteiger partial charge >= 0.3 is 11.9 Å². The largest absolute Gasteiger partial charge is 0.466 e. The van der Waals surface area contributed by atoms with Gasteiger partial charge in [0.15, 0.2) is 0 Å². The average Bonchev–Trinajstić information content (AvgIpc) is 2.52. The summed E-state index contributed by atoms with van der Waals surface area (Å²) in [5.74, 6) is -1.57. The number of amides is 1. The SMILES string of the molecule is COC(=O)/C=C(/Nc1ccc2c(c1)NC(=O)CN2)C(=O)OC. The number of methoxy groups -OCH3 is 2. The van der Waals surface area contributed by atoms with Crippen molar-refractivity contribution in [3.05, 3.63) is 30.0 Å². The number of carbonyl (C=O) groups is 3. The molecule has 0 saturated carbocycles. The lowest BCUT2D eigenvalue weighted by Gasteiger charge is -2.19. The predicted octanol–water partition coefficient (Wildman–Crippen LogP) is 0.692. The van der Waals surface area contributed by atoms with Crippen molar-refractivity contribution in [1.82, 2.24) is 0 Å². The first kappa shape index (κ1) is 15.4. The maximum absolute atomic E-state index is 11.7. The van der Waals surface area contributed by atoms with E-state index in [1.807, 2.05) is 0 Å². The first-order valence-electron chi connectivity index (χ1n) is 6.36. The highest BCUT2D eigenvalue weighted by atomic mass is 16.5. The van der Waals surface area contributed by atoms with Crippen LogP contribution in [0.15, 0.2) is 30.0 Å². The molecule has 1 amide bonds. The molecule has 0 spiro atoms. The minimum Gasteiger partial charge on any atom is -0.466 e. The number of rotatable bonds is 4. The zero-order valence-electron chi connectivity index (χ0n) is 12.1. The van der Waals surface area contributed by atoms with E-state index < -0.39 is 11.9 Å². The Morgan fingerprint density at radius 3 is 2.68 bits per heavy atom. The molecule has 8 heteroatoms. The molecule has 3 N–H and O–H groups in total. The van der Waals surface area contributed by atoms with E-state index in [-0.39, 0.29) is 18.1 Å². The summed E-state index contributed by atoms with van der Waals surface area (Å²) < 4.78 is 9.09. The van der Waals surface area contributed by atoms with Gasteiger partial charge in [0.2, 0.25) is 5.91 Å². The molecule has 8 nitrogen and oxygen atoms in total. The quantitative estimate of drug-likeness (QED) is 0.555. The monoisotopic (exact) mass is 305 g/mol. The number of benzene rings is 1. The standard InChI is InChI=1S/C14H15N3O5/c1-21-13(19)6-11(14(20)22-2)16-8-3-4-9-10(5-8)17-12(18)7-15-9/h3-6,15-16H,7H2,1-2H3,(H,17,18)/b11-6+. The molecule has 0 saturated heterocycles. The van der Waals surface area contributed by atoms with Crippen LogP contribution >= 0.6 is 0 Å². The van der Waals surface area contributed by atoms with Crippen LogP contribution in [-0.2, 0) is 23.9 Å². The molecule has 1 heterocycles. The number of carbonyl (C=O) groups excluding carboxylic acids is 3. The van der Waals surface area contributed by atoms with Gasteiger partial charge in [-0.15, -0.1) is 0 Å². The van der Waals surface area contributed by atoms with E-state index in [9.17, 15) is 14.4 Å². The van der Waals surface area contributed by atoms with Crippen LogP contribution in [-0.4, -0.2) is 38.6 Å². The average molecular weight is 305 g/mol. The number of hydrogen-bond donors (Lipinski definition) is 3. The Morgan fingerprint density at radius 1 is 1.23 bits per heavy atom. The zero-order chi connectivity index (χ0) is 16.1. The molecule has 1 aliphatic rings. The van der Waals surface area contributed by atoms with Gasteiger partial charge in [-0.2, -0.15) is 0 Å². The smallest absolute Gasteiger partial charge is 0.354 e. The van der Waals surface area contributed by atoms with Gasteiger partial charge in [0, 0.05) is 5.69 Å². The summed E-state index contributed by atoms with van der Waals surface area (Å²) >= 11 is 0. The number of fused-ring (bicyclic) bond motifs is 1. The second-order valence-electron chi connectivity index (χ2n) is 4.36. The Balaban J connectivity index is 2.25. The van der Waals surface area contributed by atoms with Crippen LogP contribution < -0.4 is 16.0 Å². The summed E-state index contributed by atoms with van der Waals surface area (Å²) in [6.07, 6.45) is 0.988. The van der Waals surface area contributed by atoms with Crippen LogP contribution in [0.4, 0.5) is 17.1 Å². The molecule has 0 unspecified atom stereocenters. The molecule has 1 aliphatic heterocycles. The number of ether oxygens (including phenoxy) is 2. The van der Waals surface area contributed by atoms with E-state index in [1.54, 1.807) is 18.2 Å². The molecular formula is C14H15N3O5. The summed E-state index contributed by atoms with van der Waals surface area (Å²) in [6.45, 7) is 0.204. The zero-order valence-corrected chi connectivity index (χ0v) is 12.1. The first-order valence-corrected chi connectivity index (χ1v) is 6.36. The van der Waals surface area contributed by atoms with Crippen molar-refractivity contribution in [2.75, 3.05) is 36.7 Å². The Kier molecular flexibility index (Phi) is 4.62. The van der Waals surface area contributed by atoms with E-state index in [2.05, 4.69) is 25.4 Å². The van der Waals surface area contributed by atoms with Crippen LogP contribution in [0, 0.1) is 0 Å². The van der Waals surface area contributed by atoms with Crippen LogP contribution in [0.1, 0.15) is 0 Å². The summed E-state index contributed by atoms with van der Waals surface area (Å²) in [6, 6.07) is 5.06. The molecule has 0 bridgehead atoms.